The lowest BCUT2D eigenvalue weighted by atomic mass is 10.1. The Morgan fingerprint density at radius 2 is 1.75 bits per heavy atom. The van der Waals surface area contributed by atoms with E-state index >= 15 is 0 Å². The summed E-state index contributed by atoms with van der Waals surface area (Å²) >= 11 is 0. The highest BCUT2D eigenvalue weighted by Gasteiger charge is 2.31. The van der Waals surface area contributed by atoms with Crippen molar-refractivity contribution in [1.82, 2.24) is 0 Å². The van der Waals surface area contributed by atoms with Crippen LogP contribution in [0.5, 0.6) is 0 Å². The van der Waals surface area contributed by atoms with E-state index in [2.05, 4.69) is 0 Å². The molecule has 0 fully saturated rings. The minimum atomic E-state index is -4.12. The standard InChI is InChI=1S/C9H15F3/c1-3-5-7-8(6-4-2)9(10,11)12/h7H,3-6H2,1-2H3/b8-7-. The van der Waals surface area contributed by atoms with Crippen LogP contribution < -0.4 is 0 Å². The smallest absolute Gasteiger partial charge is 0.166 e. The molecular weight excluding hydrogens is 165 g/mol. The van der Waals surface area contributed by atoms with Crippen molar-refractivity contribution in [2.45, 2.75) is 45.7 Å². The van der Waals surface area contributed by atoms with E-state index < -0.39 is 6.18 Å². The summed E-state index contributed by atoms with van der Waals surface area (Å²) in [5, 5.41) is 0. The molecule has 0 amide bonds. The van der Waals surface area contributed by atoms with E-state index in [1.807, 2.05) is 6.92 Å². The highest BCUT2D eigenvalue weighted by molar-refractivity contribution is 5.08. The molecule has 0 aromatic carbocycles. The van der Waals surface area contributed by atoms with E-state index in [-0.39, 0.29) is 12.0 Å². The number of hydrogen-bond donors (Lipinski definition) is 0. The molecule has 0 aliphatic carbocycles. The van der Waals surface area contributed by atoms with Crippen molar-refractivity contribution < 1.29 is 13.2 Å². The number of unbranched alkanes of at least 4 members (excludes halogenated alkanes) is 1. The first-order valence-corrected chi connectivity index (χ1v) is 4.28. The van der Waals surface area contributed by atoms with Crippen LogP contribution in [0, 0.1) is 0 Å². The summed E-state index contributed by atoms with van der Waals surface area (Å²) in [4.78, 5) is 0. The molecule has 3 heteroatoms. The van der Waals surface area contributed by atoms with Crippen LogP contribution in [-0.4, -0.2) is 6.18 Å². The maximum atomic E-state index is 12.2. The first-order chi connectivity index (χ1) is 5.52. The molecule has 0 N–H and O–H groups in total. The SMILES string of the molecule is CCC/C=C(/CCC)C(F)(F)F. The number of hydrogen-bond acceptors (Lipinski definition) is 0. The van der Waals surface area contributed by atoms with Gasteiger partial charge in [0.1, 0.15) is 0 Å². The topological polar surface area (TPSA) is 0 Å². The second-order valence-electron chi connectivity index (χ2n) is 2.77. The summed E-state index contributed by atoms with van der Waals surface area (Å²) in [6.07, 6.45) is -0.828. The zero-order chi connectivity index (χ0) is 9.61. The Hall–Kier alpha value is -0.470. The molecule has 0 aromatic heterocycles. The maximum Gasteiger partial charge on any atom is 0.412 e. The number of alkyl halides is 3. The fourth-order valence-corrected chi connectivity index (χ4v) is 0.947. The van der Waals surface area contributed by atoms with Crippen molar-refractivity contribution in [2.75, 3.05) is 0 Å². The van der Waals surface area contributed by atoms with Crippen LogP contribution in [0.15, 0.2) is 11.6 Å². The van der Waals surface area contributed by atoms with Crippen molar-refractivity contribution in [2.24, 2.45) is 0 Å². The average molecular weight is 180 g/mol. The molecule has 0 atom stereocenters. The van der Waals surface area contributed by atoms with Gasteiger partial charge in [-0.15, -0.1) is 0 Å². The van der Waals surface area contributed by atoms with Crippen molar-refractivity contribution >= 4 is 0 Å². The average Bonchev–Trinajstić information content (AvgIpc) is 1.95. The van der Waals surface area contributed by atoms with Gasteiger partial charge in [0.05, 0.1) is 0 Å². The summed E-state index contributed by atoms with van der Waals surface area (Å²) < 4.78 is 36.5. The van der Waals surface area contributed by atoms with Crippen LogP contribution in [0.2, 0.25) is 0 Å². The number of allylic oxidation sites excluding steroid dienone is 2. The van der Waals surface area contributed by atoms with Crippen molar-refractivity contribution in [3.05, 3.63) is 11.6 Å². The quantitative estimate of drug-likeness (QED) is 0.572. The Bertz CT molecular complexity index is 144. The number of halogens is 3. The summed E-state index contributed by atoms with van der Waals surface area (Å²) in [5.41, 5.74) is -0.369. The van der Waals surface area contributed by atoms with Gasteiger partial charge in [-0.1, -0.05) is 32.8 Å². The Labute approximate surface area is 71.5 Å². The molecule has 0 aliphatic heterocycles. The third kappa shape index (κ3) is 4.42. The summed E-state index contributed by atoms with van der Waals surface area (Å²) in [6, 6.07) is 0. The molecule has 12 heavy (non-hydrogen) atoms. The van der Waals surface area contributed by atoms with Gasteiger partial charge in [0, 0.05) is 5.57 Å². The molecule has 0 saturated heterocycles. The van der Waals surface area contributed by atoms with Crippen molar-refractivity contribution in [1.29, 1.82) is 0 Å². The van der Waals surface area contributed by atoms with E-state index in [1.165, 1.54) is 6.08 Å². The predicted molar refractivity (Wildman–Crippen MR) is 44.0 cm³/mol. The molecule has 0 aliphatic rings. The third-order valence-corrected chi connectivity index (χ3v) is 1.56. The highest BCUT2D eigenvalue weighted by Crippen LogP contribution is 2.29. The Morgan fingerprint density at radius 1 is 1.17 bits per heavy atom. The maximum absolute atomic E-state index is 12.2. The molecule has 0 unspecified atom stereocenters. The summed E-state index contributed by atoms with van der Waals surface area (Å²) in [6.45, 7) is 3.63. The monoisotopic (exact) mass is 180 g/mol. The number of rotatable bonds is 4. The molecule has 0 saturated carbocycles. The fraction of sp³-hybridized carbons (Fsp3) is 0.778. The van der Waals surface area contributed by atoms with Gasteiger partial charge in [0.2, 0.25) is 0 Å². The van der Waals surface area contributed by atoms with Crippen LogP contribution in [-0.2, 0) is 0 Å². The lowest BCUT2D eigenvalue weighted by Gasteiger charge is -2.10. The van der Waals surface area contributed by atoms with E-state index in [4.69, 9.17) is 0 Å². The third-order valence-electron chi connectivity index (χ3n) is 1.56. The summed E-state index contributed by atoms with van der Waals surface area (Å²) in [5.74, 6) is 0. The normalized spacial score (nSPS) is 13.6. The van der Waals surface area contributed by atoms with Crippen LogP contribution in [0.4, 0.5) is 13.2 Å². The van der Waals surface area contributed by atoms with E-state index in [9.17, 15) is 13.2 Å². The largest absolute Gasteiger partial charge is 0.412 e. The molecule has 0 bridgehead atoms. The van der Waals surface area contributed by atoms with E-state index in [1.54, 1.807) is 6.92 Å². The molecule has 0 radical (unpaired) electrons. The lowest BCUT2D eigenvalue weighted by molar-refractivity contribution is -0.0943. The molecule has 0 spiro atoms. The minimum absolute atomic E-state index is 0.142. The zero-order valence-electron chi connectivity index (χ0n) is 7.54. The van der Waals surface area contributed by atoms with Gasteiger partial charge in [-0.3, -0.25) is 0 Å². The van der Waals surface area contributed by atoms with E-state index in [0.29, 0.717) is 12.8 Å². The van der Waals surface area contributed by atoms with Gasteiger partial charge >= 0.3 is 6.18 Å². The second kappa shape index (κ2) is 5.22. The first-order valence-electron chi connectivity index (χ1n) is 4.28. The Kier molecular flexibility index (Phi) is 5.02. The first kappa shape index (κ1) is 11.5. The second-order valence-corrected chi connectivity index (χ2v) is 2.77. The van der Waals surface area contributed by atoms with Crippen molar-refractivity contribution in [3.63, 3.8) is 0 Å². The van der Waals surface area contributed by atoms with Gasteiger partial charge in [-0.25, -0.2) is 0 Å². The van der Waals surface area contributed by atoms with Crippen LogP contribution >= 0.6 is 0 Å². The molecular formula is C9H15F3. The minimum Gasteiger partial charge on any atom is -0.166 e. The molecule has 0 heterocycles. The van der Waals surface area contributed by atoms with Crippen molar-refractivity contribution in [3.8, 4) is 0 Å². The molecule has 72 valence electrons. The fourth-order valence-electron chi connectivity index (χ4n) is 0.947. The van der Waals surface area contributed by atoms with Crippen LogP contribution in [0.1, 0.15) is 39.5 Å². The molecule has 0 rings (SSSR count). The van der Waals surface area contributed by atoms with Gasteiger partial charge in [0.25, 0.3) is 0 Å². The zero-order valence-corrected chi connectivity index (χ0v) is 7.54. The van der Waals surface area contributed by atoms with Gasteiger partial charge in [-0.2, -0.15) is 13.2 Å². The highest BCUT2D eigenvalue weighted by atomic mass is 19.4. The van der Waals surface area contributed by atoms with Crippen LogP contribution in [0.25, 0.3) is 0 Å². The lowest BCUT2D eigenvalue weighted by Crippen LogP contribution is -2.11. The predicted octanol–water partition coefficient (Wildman–Crippen LogP) is 4.08. The molecule has 0 aromatic rings. The molecule has 0 nitrogen and oxygen atoms in total. The van der Waals surface area contributed by atoms with Crippen LogP contribution in [0.3, 0.4) is 0 Å². The van der Waals surface area contributed by atoms with Gasteiger partial charge in [0.15, 0.2) is 0 Å². The Morgan fingerprint density at radius 3 is 2.08 bits per heavy atom. The van der Waals surface area contributed by atoms with E-state index in [0.717, 1.165) is 6.42 Å². The Balaban J connectivity index is 4.22. The van der Waals surface area contributed by atoms with Gasteiger partial charge in [-0.05, 0) is 12.8 Å². The summed E-state index contributed by atoms with van der Waals surface area (Å²) in [7, 11) is 0. The van der Waals surface area contributed by atoms with Gasteiger partial charge < -0.3 is 0 Å².